The van der Waals surface area contributed by atoms with Crippen molar-refractivity contribution in [1.82, 2.24) is 4.98 Å². The Morgan fingerprint density at radius 1 is 1.31 bits per heavy atom. The number of nitrogens with zero attached hydrogens (tertiary/aromatic N) is 1. The normalized spacial score (nSPS) is 10.1. The van der Waals surface area contributed by atoms with Crippen LogP contribution < -0.4 is 0 Å². The molecule has 0 aromatic carbocycles. The number of carbonyl (C=O) groups is 1. The van der Waals surface area contributed by atoms with Gasteiger partial charge >= 0.3 is 5.97 Å². The van der Waals surface area contributed by atoms with E-state index in [-0.39, 0.29) is 5.97 Å². The Kier molecular flexibility index (Phi) is 6.23. The number of pyridine rings is 1. The molecule has 0 fully saturated rings. The average molecular weight is 221 g/mol. The molecule has 0 aliphatic carbocycles. The van der Waals surface area contributed by atoms with Gasteiger partial charge in [0, 0.05) is 18.8 Å². The molecule has 0 aliphatic rings. The lowest BCUT2D eigenvalue weighted by Gasteiger charge is -2.04. The number of ether oxygens (including phenoxy) is 1. The zero-order valence-corrected chi connectivity index (χ0v) is 9.82. The van der Waals surface area contributed by atoms with Crippen LogP contribution in [0.5, 0.6) is 0 Å². The van der Waals surface area contributed by atoms with Crippen LogP contribution in [0.3, 0.4) is 0 Å². The van der Waals surface area contributed by atoms with E-state index >= 15 is 0 Å². The second kappa shape index (κ2) is 7.85. The van der Waals surface area contributed by atoms with Gasteiger partial charge in [-0.2, -0.15) is 0 Å². The molecule has 3 heteroatoms. The summed E-state index contributed by atoms with van der Waals surface area (Å²) in [4.78, 5) is 15.1. The number of hydrogen-bond donors (Lipinski definition) is 0. The van der Waals surface area contributed by atoms with Gasteiger partial charge in [-0.3, -0.25) is 9.78 Å². The summed E-state index contributed by atoms with van der Waals surface area (Å²) < 4.78 is 5.11. The van der Waals surface area contributed by atoms with Crippen molar-refractivity contribution < 1.29 is 9.53 Å². The maximum atomic E-state index is 11.2. The molecular formula is C13H19NO2. The topological polar surface area (TPSA) is 39.2 Å². The summed E-state index contributed by atoms with van der Waals surface area (Å²) in [5.41, 5.74) is 1.24. The van der Waals surface area contributed by atoms with Crippen molar-refractivity contribution in [3.8, 4) is 0 Å². The van der Waals surface area contributed by atoms with Crippen molar-refractivity contribution in [1.29, 1.82) is 0 Å². The summed E-state index contributed by atoms with van der Waals surface area (Å²) in [6, 6.07) is 3.97. The van der Waals surface area contributed by atoms with E-state index in [1.54, 1.807) is 12.4 Å². The van der Waals surface area contributed by atoms with Gasteiger partial charge < -0.3 is 4.74 Å². The molecule has 0 bridgehead atoms. The van der Waals surface area contributed by atoms with Crippen LogP contribution in [0, 0.1) is 0 Å². The molecule has 0 saturated heterocycles. The van der Waals surface area contributed by atoms with Crippen molar-refractivity contribution in [2.24, 2.45) is 0 Å². The van der Waals surface area contributed by atoms with Crippen LogP contribution in [-0.4, -0.2) is 17.6 Å². The number of hydrogen-bond acceptors (Lipinski definition) is 3. The van der Waals surface area contributed by atoms with Crippen LogP contribution in [0.1, 0.15) is 38.2 Å². The molecule has 0 atom stereocenters. The quantitative estimate of drug-likeness (QED) is 0.525. The van der Waals surface area contributed by atoms with Crippen molar-refractivity contribution in [2.45, 2.75) is 39.0 Å². The van der Waals surface area contributed by atoms with Gasteiger partial charge in [-0.1, -0.05) is 13.3 Å². The van der Waals surface area contributed by atoms with E-state index in [9.17, 15) is 4.79 Å². The van der Waals surface area contributed by atoms with Crippen LogP contribution in [-0.2, 0) is 16.0 Å². The Bertz CT molecular complexity index is 298. The number of aromatic nitrogens is 1. The number of aryl methyl sites for hydroxylation is 1. The van der Waals surface area contributed by atoms with Crippen LogP contribution in [0.25, 0.3) is 0 Å². The molecule has 0 amide bonds. The van der Waals surface area contributed by atoms with E-state index in [0.29, 0.717) is 13.0 Å². The van der Waals surface area contributed by atoms with E-state index in [4.69, 9.17) is 4.74 Å². The predicted molar refractivity (Wildman–Crippen MR) is 63.0 cm³/mol. The zero-order chi connectivity index (χ0) is 11.6. The van der Waals surface area contributed by atoms with Gasteiger partial charge in [0.1, 0.15) is 0 Å². The molecule has 0 N–H and O–H groups in total. The standard InChI is InChI=1S/C13H19NO2/c1-2-3-6-13(15)16-11-4-5-12-7-9-14-10-8-12/h7-10H,2-6,11H2,1H3. The third-order valence-electron chi connectivity index (χ3n) is 2.36. The van der Waals surface area contributed by atoms with Crippen LogP contribution in [0.4, 0.5) is 0 Å². The predicted octanol–water partition coefficient (Wildman–Crippen LogP) is 2.75. The lowest BCUT2D eigenvalue weighted by atomic mass is 10.1. The Balaban J connectivity index is 2.06. The minimum absolute atomic E-state index is 0.0726. The number of unbranched alkanes of at least 4 members (excludes halogenated alkanes) is 1. The highest BCUT2D eigenvalue weighted by molar-refractivity contribution is 5.69. The molecular weight excluding hydrogens is 202 g/mol. The maximum Gasteiger partial charge on any atom is 0.305 e. The highest BCUT2D eigenvalue weighted by Crippen LogP contribution is 2.02. The van der Waals surface area contributed by atoms with E-state index in [1.165, 1.54) is 5.56 Å². The number of esters is 1. The summed E-state index contributed by atoms with van der Waals surface area (Å²) in [6.45, 7) is 2.58. The van der Waals surface area contributed by atoms with E-state index < -0.39 is 0 Å². The zero-order valence-electron chi connectivity index (χ0n) is 9.82. The van der Waals surface area contributed by atoms with Crippen LogP contribution >= 0.6 is 0 Å². The number of carbonyl (C=O) groups excluding carboxylic acids is 1. The molecule has 0 radical (unpaired) electrons. The van der Waals surface area contributed by atoms with E-state index in [2.05, 4.69) is 11.9 Å². The Labute approximate surface area is 96.8 Å². The maximum absolute atomic E-state index is 11.2. The monoisotopic (exact) mass is 221 g/mol. The lowest BCUT2D eigenvalue weighted by Crippen LogP contribution is -2.06. The third kappa shape index (κ3) is 5.49. The summed E-state index contributed by atoms with van der Waals surface area (Å²) >= 11 is 0. The van der Waals surface area contributed by atoms with Crippen molar-refractivity contribution in [2.75, 3.05) is 6.61 Å². The molecule has 1 heterocycles. The van der Waals surface area contributed by atoms with E-state index in [0.717, 1.165) is 25.7 Å². The minimum Gasteiger partial charge on any atom is -0.466 e. The molecule has 1 rings (SSSR count). The fraction of sp³-hybridized carbons (Fsp3) is 0.538. The third-order valence-corrected chi connectivity index (χ3v) is 2.36. The van der Waals surface area contributed by atoms with Crippen molar-refractivity contribution in [3.05, 3.63) is 30.1 Å². The Morgan fingerprint density at radius 2 is 2.06 bits per heavy atom. The van der Waals surface area contributed by atoms with Gasteiger partial charge in [0.25, 0.3) is 0 Å². The molecule has 3 nitrogen and oxygen atoms in total. The van der Waals surface area contributed by atoms with Crippen molar-refractivity contribution in [3.63, 3.8) is 0 Å². The van der Waals surface area contributed by atoms with Gasteiger partial charge in [-0.25, -0.2) is 0 Å². The highest BCUT2D eigenvalue weighted by Gasteiger charge is 2.01. The molecule has 1 aromatic heterocycles. The summed E-state index contributed by atoms with van der Waals surface area (Å²) in [7, 11) is 0. The molecule has 0 saturated carbocycles. The minimum atomic E-state index is -0.0726. The number of rotatable bonds is 7. The van der Waals surface area contributed by atoms with Gasteiger partial charge in [-0.15, -0.1) is 0 Å². The highest BCUT2D eigenvalue weighted by atomic mass is 16.5. The second-order valence-electron chi connectivity index (χ2n) is 3.78. The summed E-state index contributed by atoms with van der Waals surface area (Å²) in [5, 5.41) is 0. The first-order chi connectivity index (χ1) is 7.83. The molecule has 16 heavy (non-hydrogen) atoms. The second-order valence-corrected chi connectivity index (χ2v) is 3.78. The first kappa shape index (κ1) is 12.7. The first-order valence-electron chi connectivity index (χ1n) is 5.87. The molecule has 0 spiro atoms. The van der Waals surface area contributed by atoms with Crippen LogP contribution in [0.15, 0.2) is 24.5 Å². The first-order valence-corrected chi connectivity index (χ1v) is 5.87. The van der Waals surface area contributed by atoms with Crippen LogP contribution in [0.2, 0.25) is 0 Å². The Hall–Kier alpha value is -1.38. The average Bonchev–Trinajstić information content (AvgIpc) is 2.33. The molecule has 0 aliphatic heterocycles. The largest absolute Gasteiger partial charge is 0.466 e. The lowest BCUT2D eigenvalue weighted by molar-refractivity contribution is -0.143. The van der Waals surface area contributed by atoms with Gasteiger partial charge in [0.05, 0.1) is 6.61 Å². The van der Waals surface area contributed by atoms with Crippen molar-refractivity contribution >= 4 is 5.97 Å². The fourth-order valence-electron chi connectivity index (χ4n) is 1.41. The smallest absolute Gasteiger partial charge is 0.305 e. The van der Waals surface area contributed by atoms with Gasteiger partial charge in [0.15, 0.2) is 0 Å². The molecule has 1 aromatic rings. The van der Waals surface area contributed by atoms with Gasteiger partial charge in [0.2, 0.25) is 0 Å². The summed E-state index contributed by atoms with van der Waals surface area (Å²) in [5.74, 6) is -0.0726. The summed E-state index contributed by atoms with van der Waals surface area (Å²) in [6.07, 6.45) is 7.87. The molecule has 88 valence electrons. The molecule has 0 unspecified atom stereocenters. The van der Waals surface area contributed by atoms with Gasteiger partial charge in [-0.05, 0) is 37.0 Å². The SMILES string of the molecule is CCCCC(=O)OCCCc1ccncc1. The Morgan fingerprint density at radius 3 is 2.75 bits per heavy atom. The fourth-order valence-corrected chi connectivity index (χ4v) is 1.41. The van der Waals surface area contributed by atoms with E-state index in [1.807, 2.05) is 12.1 Å².